The highest BCUT2D eigenvalue weighted by Crippen LogP contribution is 2.27. The van der Waals surface area contributed by atoms with Crippen LogP contribution in [0.4, 0.5) is 0 Å². The van der Waals surface area contributed by atoms with Crippen molar-refractivity contribution in [2.75, 3.05) is 20.1 Å². The Balaban J connectivity index is 2.06. The third-order valence-corrected chi connectivity index (χ3v) is 5.01. The fraction of sp³-hybridized carbons (Fsp3) is 0.667. The molecule has 0 aromatic heterocycles. The molecule has 1 saturated heterocycles. The summed E-state index contributed by atoms with van der Waals surface area (Å²) < 4.78 is 0. The van der Waals surface area contributed by atoms with Gasteiger partial charge in [0.15, 0.2) is 0 Å². The third-order valence-electron chi connectivity index (χ3n) is 5.01. The predicted octanol–water partition coefficient (Wildman–Crippen LogP) is 3.63. The average Bonchev–Trinajstić information content (AvgIpc) is 2.97. The molecule has 0 spiro atoms. The summed E-state index contributed by atoms with van der Waals surface area (Å²) in [6.07, 6.45) is 3.80. The molecule has 3 atom stereocenters. The molecule has 3 unspecified atom stereocenters. The highest BCUT2D eigenvalue weighted by atomic mass is 15.2. The minimum absolute atomic E-state index is 0.427. The Bertz CT molecular complexity index is 398. The minimum atomic E-state index is 0.427. The van der Waals surface area contributed by atoms with Crippen LogP contribution in [0.3, 0.4) is 0 Å². The van der Waals surface area contributed by atoms with E-state index in [4.69, 9.17) is 0 Å². The monoisotopic (exact) mass is 274 g/mol. The van der Waals surface area contributed by atoms with Crippen LogP contribution in [0.1, 0.15) is 50.8 Å². The maximum absolute atomic E-state index is 3.52. The van der Waals surface area contributed by atoms with Gasteiger partial charge >= 0.3 is 0 Å². The van der Waals surface area contributed by atoms with Crippen LogP contribution >= 0.6 is 0 Å². The molecule has 1 aromatic rings. The van der Waals surface area contributed by atoms with Crippen LogP contribution in [0.2, 0.25) is 0 Å². The van der Waals surface area contributed by atoms with Crippen molar-refractivity contribution in [3.8, 4) is 0 Å². The second-order valence-electron chi connectivity index (χ2n) is 6.16. The van der Waals surface area contributed by atoms with Crippen LogP contribution in [-0.4, -0.2) is 31.1 Å². The molecule has 1 heterocycles. The van der Waals surface area contributed by atoms with Crippen LogP contribution in [0, 0.1) is 5.92 Å². The summed E-state index contributed by atoms with van der Waals surface area (Å²) in [6, 6.07) is 10.1. The van der Waals surface area contributed by atoms with Crippen molar-refractivity contribution in [3.63, 3.8) is 0 Å². The van der Waals surface area contributed by atoms with Gasteiger partial charge in [0.25, 0.3) is 0 Å². The quantitative estimate of drug-likeness (QED) is 0.852. The molecular weight excluding hydrogens is 244 g/mol. The van der Waals surface area contributed by atoms with Crippen LogP contribution in [0.25, 0.3) is 0 Å². The summed E-state index contributed by atoms with van der Waals surface area (Å²) in [6.45, 7) is 9.42. The first-order valence-corrected chi connectivity index (χ1v) is 8.19. The lowest BCUT2D eigenvalue weighted by Crippen LogP contribution is -2.40. The summed E-state index contributed by atoms with van der Waals surface area (Å²) in [5.41, 5.74) is 2.83. The molecule has 0 saturated carbocycles. The fourth-order valence-corrected chi connectivity index (χ4v) is 3.42. The van der Waals surface area contributed by atoms with Gasteiger partial charge in [0.05, 0.1) is 0 Å². The van der Waals surface area contributed by atoms with E-state index in [1.807, 2.05) is 0 Å². The summed E-state index contributed by atoms with van der Waals surface area (Å²) in [5, 5.41) is 3.52. The summed E-state index contributed by atoms with van der Waals surface area (Å²) in [4.78, 5) is 2.66. The molecular formula is C18H30N2. The van der Waals surface area contributed by atoms with Crippen molar-refractivity contribution in [3.05, 3.63) is 35.4 Å². The standard InChI is InChI=1S/C18H30N2/c1-5-15-7-9-17(10-8-15)18(19-4)14(3)20-12-11-16(6-2)13-20/h7-10,14,16,18-19H,5-6,11-13H2,1-4H3. The van der Waals surface area contributed by atoms with Gasteiger partial charge < -0.3 is 5.32 Å². The normalized spacial score (nSPS) is 22.9. The Morgan fingerprint density at radius 3 is 2.45 bits per heavy atom. The van der Waals surface area contributed by atoms with Gasteiger partial charge in [-0.15, -0.1) is 0 Å². The van der Waals surface area contributed by atoms with Crippen LogP contribution in [0.5, 0.6) is 0 Å². The van der Waals surface area contributed by atoms with E-state index in [1.165, 1.54) is 37.1 Å². The Hall–Kier alpha value is -0.860. The van der Waals surface area contributed by atoms with E-state index in [1.54, 1.807) is 0 Å². The molecule has 0 bridgehead atoms. The summed E-state index contributed by atoms with van der Waals surface area (Å²) >= 11 is 0. The number of likely N-dealkylation sites (N-methyl/N-ethyl adjacent to an activating group) is 1. The molecule has 1 aromatic carbocycles. The number of benzene rings is 1. The molecule has 0 radical (unpaired) electrons. The second kappa shape index (κ2) is 7.24. The molecule has 0 amide bonds. The lowest BCUT2D eigenvalue weighted by molar-refractivity contribution is 0.204. The number of likely N-dealkylation sites (tertiary alicyclic amines) is 1. The maximum atomic E-state index is 3.52. The molecule has 2 heteroatoms. The Morgan fingerprint density at radius 1 is 1.25 bits per heavy atom. The largest absolute Gasteiger partial charge is 0.312 e. The fourth-order valence-electron chi connectivity index (χ4n) is 3.42. The van der Waals surface area contributed by atoms with Gasteiger partial charge in [0.1, 0.15) is 0 Å². The van der Waals surface area contributed by atoms with E-state index in [9.17, 15) is 0 Å². The number of nitrogens with zero attached hydrogens (tertiary/aromatic N) is 1. The van der Waals surface area contributed by atoms with E-state index in [0.29, 0.717) is 12.1 Å². The molecule has 2 rings (SSSR count). The van der Waals surface area contributed by atoms with Gasteiger partial charge in [-0.1, -0.05) is 44.5 Å². The first-order valence-electron chi connectivity index (χ1n) is 8.19. The van der Waals surface area contributed by atoms with Crippen molar-refractivity contribution in [1.82, 2.24) is 10.2 Å². The van der Waals surface area contributed by atoms with Crippen LogP contribution in [-0.2, 0) is 6.42 Å². The van der Waals surface area contributed by atoms with E-state index < -0.39 is 0 Å². The lowest BCUT2D eigenvalue weighted by atomic mass is 9.98. The first-order chi connectivity index (χ1) is 9.69. The number of hydrogen-bond acceptors (Lipinski definition) is 2. The van der Waals surface area contributed by atoms with Gasteiger partial charge in [-0.2, -0.15) is 0 Å². The third kappa shape index (κ3) is 3.42. The smallest absolute Gasteiger partial charge is 0.0473 e. The van der Waals surface area contributed by atoms with Crippen molar-refractivity contribution in [2.45, 2.75) is 52.1 Å². The first kappa shape index (κ1) is 15.5. The molecule has 1 aliphatic heterocycles. The zero-order valence-corrected chi connectivity index (χ0v) is 13.5. The number of nitrogens with one attached hydrogen (secondary N) is 1. The zero-order valence-electron chi connectivity index (χ0n) is 13.5. The van der Waals surface area contributed by atoms with E-state index in [0.717, 1.165) is 12.3 Å². The van der Waals surface area contributed by atoms with Crippen LogP contribution < -0.4 is 5.32 Å². The van der Waals surface area contributed by atoms with Gasteiger partial charge in [-0.25, -0.2) is 0 Å². The predicted molar refractivity (Wildman–Crippen MR) is 87.1 cm³/mol. The zero-order chi connectivity index (χ0) is 14.5. The summed E-state index contributed by atoms with van der Waals surface area (Å²) in [7, 11) is 2.09. The molecule has 1 aliphatic rings. The summed E-state index contributed by atoms with van der Waals surface area (Å²) in [5.74, 6) is 0.900. The number of hydrogen-bond donors (Lipinski definition) is 1. The van der Waals surface area contributed by atoms with Crippen molar-refractivity contribution in [1.29, 1.82) is 0 Å². The second-order valence-corrected chi connectivity index (χ2v) is 6.16. The topological polar surface area (TPSA) is 15.3 Å². The van der Waals surface area contributed by atoms with E-state index in [2.05, 4.69) is 62.3 Å². The van der Waals surface area contributed by atoms with Crippen molar-refractivity contribution in [2.24, 2.45) is 5.92 Å². The van der Waals surface area contributed by atoms with Gasteiger partial charge in [0.2, 0.25) is 0 Å². The molecule has 0 aliphatic carbocycles. The van der Waals surface area contributed by atoms with Gasteiger partial charge in [-0.3, -0.25) is 4.90 Å². The Labute approximate surface area is 124 Å². The highest BCUT2D eigenvalue weighted by molar-refractivity contribution is 5.26. The molecule has 1 N–H and O–H groups in total. The molecule has 20 heavy (non-hydrogen) atoms. The van der Waals surface area contributed by atoms with Gasteiger partial charge in [-0.05, 0) is 50.4 Å². The Morgan fingerprint density at radius 2 is 1.95 bits per heavy atom. The van der Waals surface area contributed by atoms with Crippen LogP contribution in [0.15, 0.2) is 24.3 Å². The number of rotatable bonds is 6. The molecule has 112 valence electrons. The highest BCUT2D eigenvalue weighted by Gasteiger charge is 2.29. The average molecular weight is 274 g/mol. The van der Waals surface area contributed by atoms with Crippen molar-refractivity contribution >= 4 is 0 Å². The number of aryl methyl sites for hydroxylation is 1. The Kier molecular flexibility index (Phi) is 5.62. The van der Waals surface area contributed by atoms with Gasteiger partial charge in [0, 0.05) is 18.6 Å². The maximum Gasteiger partial charge on any atom is 0.0473 e. The van der Waals surface area contributed by atoms with E-state index >= 15 is 0 Å². The lowest BCUT2D eigenvalue weighted by Gasteiger charge is -2.32. The minimum Gasteiger partial charge on any atom is -0.312 e. The molecule has 2 nitrogen and oxygen atoms in total. The van der Waals surface area contributed by atoms with Crippen molar-refractivity contribution < 1.29 is 0 Å². The molecule has 1 fully saturated rings. The SMILES string of the molecule is CCc1ccc(C(NC)C(C)N2CCC(CC)C2)cc1. The van der Waals surface area contributed by atoms with E-state index in [-0.39, 0.29) is 0 Å².